The van der Waals surface area contributed by atoms with Gasteiger partial charge in [0.05, 0.1) is 6.20 Å². The molecule has 7 heteroatoms. The molecule has 0 aliphatic rings. The van der Waals surface area contributed by atoms with Gasteiger partial charge in [-0.2, -0.15) is 5.10 Å². The maximum Gasteiger partial charge on any atom is 0.258 e. The lowest BCUT2D eigenvalue weighted by molar-refractivity contribution is 0.467. The third-order valence-electron chi connectivity index (χ3n) is 3.63. The van der Waals surface area contributed by atoms with Crippen molar-refractivity contribution >= 4 is 10.0 Å². The second-order valence-corrected chi connectivity index (χ2v) is 7.47. The highest BCUT2D eigenvalue weighted by Gasteiger charge is 2.25. The van der Waals surface area contributed by atoms with Crippen LogP contribution in [0.15, 0.2) is 41.8 Å². The Labute approximate surface area is 138 Å². The van der Waals surface area contributed by atoms with E-state index in [0.717, 1.165) is 24.8 Å². The fourth-order valence-corrected chi connectivity index (χ4v) is 3.93. The Bertz CT molecular complexity index is 711. The van der Waals surface area contributed by atoms with E-state index < -0.39 is 10.0 Å². The molecule has 0 fully saturated rings. The van der Waals surface area contributed by atoms with Crippen LogP contribution in [0.5, 0.6) is 0 Å². The van der Waals surface area contributed by atoms with E-state index in [-0.39, 0.29) is 17.1 Å². The molecule has 2 aromatic heterocycles. The summed E-state index contributed by atoms with van der Waals surface area (Å²) in [4.78, 5) is 4.10. The average molecular weight is 336 g/mol. The first-order chi connectivity index (χ1) is 11.0. The van der Waals surface area contributed by atoms with E-state index in [1.807, 2.05) is 26.0 Å². The van der Waals surface area contributed by atoms with E-state index in [9.17, 15) is 8.42 Å². The highest BCUT2D eigenvalue weighted by atomic mass is 32.2. The van der Waals surface area contributed by atoms with Gasteiger partial charge in [-0.05, 0) is 38.0 Å². The Hall–Kier alpha value is -1.73. The van der Waals surface area contributed by atoms with Gasteiger partial charge < -0.3 is 0 Å². The molecule has 126 valence electrons. The van der Waals surface area contributed by atoms with Gasteiger partial charge in [0.15, 0.2) is 5.03 Å². The van der Waals surface area contributed by atoms with Gasteiger partial charge in [0.25, 0.3) is 10.0 Å². The van der Waals surface area contributed by atoms with Crippen LogP contribution >= 0.6 is 0 Å². The molecule has 0 aliphatic heterocycles. The summed E-state index contributed by atoms with van der Waals surface area (Å²) in [7, 11) is -3.65. The summed E-state index contributed by atoms with van der Waals surface area (Å²) in [5.74, 6) is 0. The summed E-state index contributed by atoms with van der Waals surface area (Å²) in [6, 6.07) is 4.94. The number of sulfonamides is 1. The Morgan fingerprint density at radius 2 is 2.04 bits per heavy atom. The molecule has 0 saturated carbocycles. The molecule has 1 atom stereocenters. The van der Waals surface area contributed by atoms with Crippen LogP contribution in [-0.4, -0.2) is 23.2 Å². The van der Waals surface area contributed by atoms with Crippen LogP contribution in [0.1, 0.15) is 57.7 Å². The number of aromatic nitrogens is 3. The second kappa shape index (κ2) is 7.70. The maximum absolute atomic E-state index is 12.8. The van der Waals surface area contributed by atoms with Crippen LogP contribution in [0.2, 0.25) is 0 Å². The molecule has 0 spiro atoms. The molecule has 2 rings (SSSR count). The summed E-state index contributed by atoms with van der Waals surface area (Å²) < 4.78 is 29.9. The predicted molar refractivity (Wildman–Crippen MR) is 89.4 cm³/mol. The summed E-state index contributed by atoms with van der Waals surface area (Å²) in [5, 5.41) is 4.30. The smallest absolute Gasteiger partial charge is 0.258 e. The second-order valence-electron chi connectivity index (χ2n) is 5.81. The fourth-order valence-electron chi connectivity index (χ4n) is 2.43. The van der Waals surface area contributed by atoms with Crippen molar-refractivity contribution in [2.24, 2.45) is 0 Å². The SMILES string of the molecule is CCCC[C@H](NS(=O)(=O)c1ccnn1C(C)C)c1cccnc1. The third kappa shape index (κ3) is 4.39. The van der Waals surface area contributed by atoms with E-state index in [1.165, 1.54) is 16.9 Å². The van der Waals surface area contributed by atoms with E-state index in [1.54, 1.807) is 12.4 Å². The van der Waals surface area contributed by atoms with Crippen molar-refractivity contribution in [2.75, 3.05) is 0 Å². The van der Waals surface area contributed by atoms with E-state index >= 15 is 0 Å². The van der Waals surface area contributed by atoms with Crippen LogP contribution in [0.3, 0.4) is 0 Å². The van der Waals surface area contributed by atoms with Crippen molar-refractivity contribution in [3.8, 4) is 0 Å². The molecule has 0 saturated heterocycles. The topological polar surface area (TPSA) is 76.9 Å². The van der Waals surface area contributed by atoms with Gasteiger partial charge in [0, 0.05) is 24.5 Å². The minimum atomic E-state index is -3.65. The zero-order valence-corrected chi connectivity index (χ0v) is 14.6. The normalized spacial score (nSPS) is 13.4. The lowest BCUT2D eigenvalue weighted by Gasteiger charge is -2.20. The van der Waals surface area contributed by atoms with Gasteiger partial charge in [-0.25, -0.2) is 13.1 Å². The summed E-state index contributed by atoms with van der Waals surface area (Å²) in [6.07, 6.45) is 7.58. The molecule has 6 nitrogen and oxygen atoms in total. The van der Waals surface area contributed by atoms with Crippen LogP contribution in [-0.2, 0) is 10.0 Å². The van der Waals surface area contributed by atoms with Gasteiger partial charge >= 0.3 is 0 Å². The lowest BCUT2D eigenvalue weighted by Crippen LogP contribution is -2.31. The van der Waals surface area contributed by atoms with Crippen molar-refractivity contribution in [1.29, 1.82) is 0 Å². The molecule has 23 heavy (non-hydrogen) atoms. The first-order valence-electron chi connectivity index (χ1n) is 7.91. The van der Waals surface area contributed by atoms with Crippen molar-refractivity contribution < 1.29 is 8.42 Å². The van der Waals surface area contributed by atoms with Crippen molar-refractivity contribution in [1.82, 2.24) is 19.5 Å². The van der Waals surface area contributed by atoms with Gasteiger partial charge in [-0.15, -0.1) is 0 Å². The fraction of sp³-hybridized carbons (Fsp3) is 0.500. The molecule has 0 bridgehead atoms. The molecule has 0 radical (unpaired) electrons. The van der Waals surface area contributed by atoms with E-state index in [2.05, 4.69) is 21.7 Å². The molecule has 0 aliphatic carbocycles. The predicted octanol–water partition coefficient (Wildman–Crippen LogP) is 3.07. The molecular formula is C16H24N4O2S. The third-order valence-corrected chi connectivity index (χ3v) is 5.10. The van der Waals surface area contributed by atoms with Crippen LogP contribution < -0.4 is 4.72 Å². The number of nitrogens with one attached hydrogen (secondary N) is 1. The van der Waals surface area contributed by atoms with Gasteiger partial charge in [-0.1, -0.05) is 25.8 Å². The first kappa shape index (κ1) is 17.6. The number of unbranched alkanes of at least 4 members (excludes halogenated alkanes) is 1. The minimum absolute atomic E-state index is 0.0240. The quantitative estimate of drug-likeness (QED) is 0.803. The molecule has 0 amide bonds. The van der Waals surface area contributed by atoms with Crippen molar-refractivity contribution in [3.05, 3.63) is 42.4 Å². The Kier molecular flexibility index (Phi) is 5.90. The minimum Gasteiger partial charge on any atom is -0.264 e. The molecule has 0 unspecified atom stereocenters. The Balaban J connectivity index is 2.29. The van der Waals surface area contributed by atoms with Crippen LogP contribution in [0, 0.1) is 0 Å². The van der Waals surface area contributed by atoms with E-state index in [4.69, 9.17) is 0 Å². The number of hydrogen-bond acceptors (Lipinski definition) is 4. The molecule has 2 aromatic rings. The highest BCUT2D eigenvalue weighted by Crippen LogP contribution is 2.22. The van der Waals surface area contributed by atoms with Gasteiger partial charge in [0.1, 0.15) is 0 Å². The molecular weight excluding hydrogens is 312 g/mol. The monoisotopic (exact) mass is 336 g/mol. The molecule has 2 heterocycles. The Morgan fingerprint density at radius 3 is 2.65 bits per heavy atom. The van der Waals surface area contributed by atoms with Gasteiger partial charge in [0.2, 0.25) is 0 Å². The number of nitrogens with zero attached hydrogens (tertiary/aromatic N) is 3. The molecule has 1 N–H and O–H groups in total. The van der Waals surface area contributed by atoms with Crippen molar-refractivity contribution in [2.45, 2.75) is 57.1 Å². The zero-order chi connectivity index (χ0) is 16.9. The summed E-state index contributed by atoms with van der Waals surface area (Å²) >= 11 is 0. The summed E-state index contributed by atoms with van der Waals surface area (Å²) in [6.45, 7) is 5.89. The number of pyridine rings is 1. The summed E-state index contributed by atoms with van der Waals surface area (Å²) in [5.41, 5.74) is 0.875. The average Bonchev–Trinajstić information content (AvgIpc) is 3.03. The number of hydrogen-bond donors (Lipinski definition) is 1. The standard InChI is InChI=1S/C16H24N4O2S/c1-4-5-8-15(14-7-6-10-17-12-14)19-23(21,22)16-9-11-18-20(16)13(2)3/h6-7,9-13,15,19H,4-5,8H2,1-3H3/t15-/m0/s1. The number of rotatable bonds is 8. The zero-order valence-electron chi connectivity index (χ0n) is 13.8. The Morgan fingerprint density at radius 1 is 1.26 bits per heavy atom. The largest absolute Gasteiger partial charge is 0.264 e. The lowest BCUT2D eigenvalue weighted by atomic mass is 10.0. The molecule has 0 aromatic carbocycles. The van der Waals surface area contributed by atoms with E-state index in [0.29, 0.717) is 0 Å². The van der Waals surface area contributed by atoms with Crippen molar-refractivity contribution in [3.63, 3.8) is 0 Å². The highest BCUT2D eigenvalue weighted by molar-refractivity contribution is 7.89. The van der Waals surface area contributed by atoms with Crippen LogP contribution in [0.25, 0.3) is 0 Å². The van der Waals surface area contributed by atoms with Crippen LogP contribution in [0.4, 0.5) is 0 Å². The maximum atomic E-state index is 12.8. The first-order valence-corrected chi connectivity index (χ1v) is 9.39. The van der Waals surface area contributed by atoms with Gasteiger partial charge in [-0.3, -0.25) is 9.67 Å².